The molecule has 17 heavy (non-hydrogen) atoms. The number of hydrogen-bond donors (Lipinski definition) is 1. The van der Waals surface area contributed by atoms with E-state index in [1.165, 1.54) is 6.42 Å². The molecule has 1 saturated heterocycles. The van der Waals surface area contributed by atoms with Gasteiger partial charge >= 0.3 is 0 Å². The molecule has 0 unspecified atom stereocenters. The molecule has 1 amide bonds. The van der Waals surface area contributed by atoms with Gasteiger partial charge in [-0.25, -0.2) is 0 Å². The van der Waals surface area contributed by atoms with Crippen LogP contribution in [0.1, 0.15) is 38.5 Å². The SMILES string of the molecule is N#CCC1(CNCC(=O)N2CCCCC2)CC1. The Balaban J connectivity index is 1.64. The number of amides is 1. The fourth-order valence-corrected chi connectivity index (χ4v) is 2.45. The van der Waals surface area contributed by atoms with E-state index < -0.39 is 0 Å². The van der Waals surface area contributed by atoms with Crippen LogP contribution in [0.2, 0.25) is 0 Å². The fraction of sp³-hybridized carbons (Fsp3) is 0.846. The first-order valence-electron chi connectivity index (χ1n) is 6.61. The molecule has 1 saturated carbocycles. The number of carbonyl (C=O) groups is 1. The van der Waals surface area contributed by atoms with Gasteiger partial charge in [-0.2, -0.15) is 5.26 Å². The Hall–Kier alpha value is -1.08. The first-order chi connectivity index (χ1) is 8.26. The van der Waals surface area contributed by atoms with E-state index in [1.807, 2.05) is 4.90 Å². The van der Waals surface area contributed by atoms with E-state index in [9.17, 15) is 4.79 Å². The van der Waals surface area contributed by atoms with Crippen molar-refractivity contribution in [1.82, 2.24) is 10.2 Å². The van der Waals surface area contributed by atoms with Crippen LogP contribution in [0, 0.1) is 16.7 Å². The highest BCUT2D eigenvalue weighted by molar-refractivity contribution is 5.78. The maximum absolute atomic E-state index is 11.9. The topological polar surface area (TPSA) is 56.1 Å². The van der Waals surface area contributed by atoms with Gasteiger partial charge in [0.25, 0.3) is 0 Å². The van der Waals surface area contributed by atoms with Gasteiger partial charge in [0.2, 0.25) is 5.91 Å². The van der Waals surface area contributed by atoms with Gasteiger partial charge in [0.15, 0.2) is 0 Å². The Morgan fingerprint density at radius 3 is 2.59 bits per heavy atom. The van der Waals surface area contributed by atoms with Crippen molar-refractivity contribution in [1.29, 1.82) is 5.26 Å². The Morgan fingerprint density at radius 2 is 2.00 bits per heavy atom. The molecule has 0 bridgehead atoms. The minimum Gasteiger partial charge on any atom is -0.342 e. The molecule has 2 rings (SSSR count). The number of piperidine rings is 1. The van der Waals surface area contributed by atoms with Gasteiger partial charge in [-0.05, 0) is 37.5 Å². The van der Waals surface area contributed by atoms with Gasteiger partial charge in [0, 0.05) is 26.1 Å². The summed E-state index contributed by atoms with van der Waals surface area (Å²) in [6, 6.07) is 2.24. The Bertz CT molecular complexity index is 311. The van der Waals surface area contributed by atoms with Crippen LogP contribution < -0.4 is 5.32 Å². The van der Waals surface area contributed by atoms with Crippen molar-refractivity contribution in [3.8, 4) is 6.07 Å². The predicted molar refractivity (Wildman–Crippen MR) is 65.2 cm³/mol. The highest BCUT2D eigenvalue weighted by atomic mass is 16.2. The second-order valence-electron chi connectivity index (χ2n) is 5.38. The van der Waals surface area contributed by atoms with Crippen molar-refractivity contribution in [3.63, 3.8) is 0 Å². The average molecular weight is 235 g/mol. The van der Waals surface area contributed by atoms with E-state index in [1.54, 1.807) is 0 Å². The predicted octanol–water partition coefficient (Wildman–Crippen LogP) is 1.28. The summed E-state index contributed by atoms with van der Waals surface area (Å²) in [7, 11) is 0. The molecular weight excluding hydrogens is 214 g/mol. The van der Waals surface area contributed by atoms with E-state index in [2.05, 4.69) is 11.4 Å². The van der Waals surface area contributed by atoms with E-state index in [0.29, 0.717) is 13.0 Å². The van der Waals surface area contributed by atoms with Crippen molar-refractivity contribution < 1.29 is 4.79 Å². The average Bonchev–Trinajstić information content (AvgIpc) is 3.11. The molecule has 1 N–H and O–H groups in total. The zero-order valence-electron chi connectivity index (χ0n) is 10.4. The van der Waals surface area contributed by atoms with Crippen LogP contribution in [0.4, 0.5) is 0 Å². The summed E-state index contributed by atoms with van der Waals surface area (Å²) in [5.74, 6) is 0.220. The summed E-state index contributed by atoms with van der Waals surface area (Å²) in [6.45, 7) is 3.10. The molecule has 0 aromatic rings. The lowest BCUT2D eigenvalue weighted by molar-refractivity contribution is -0.131. The summed E-state index contributed by atoms with van der Waals surface area (Å²) >= 11 is 0. The van der Waals surface area contributed by atoms with E-state index in [0.717, 1.165) is 45.3 Å². The van der Waals surface area contributed by atoms with Crippen LogP contribution in [0.15, 0.2) is 0 Å². The summed E-state index contributed by atoms with van der Waals surface area (Å²) in [6.07, 6.45) is 6.42. The lowest BCUT2D eigenvalue weighted by Crippen LogP contribution is -2.42. The van der Waals surface area contributed by atoms with Crippen LogP contribution >= 0.6 is 0 Å². The molecular formula is C13H21N3O. The largest absolute Gasteiger partial charge is 0.342 e. The number of hydrogen-bond acceptors (Lipinski definition) is 3. The standard InChI is InChI=1S/C13H21N3O/c14-7-6-13(4-5-13)11-15-10-12(17)16-8-2-1-3-9-16/h15H,1-6,8-11H2. The van der Waals surface area contributed by atoms with Crippen molar-refractivity contribution >= 4 is 5.91 Å². The van der Waals surface area contributed by atoms with Crippen LogP contribution in [0.3, 0.4) is 0 Å². The van der Waals surface area contributed by atoms with Gasteiger partial charge < -0.3 is 10.2 Å². The van der Waals surface area contributed by atoms with Crippen LogP contribution in [-0.2, 0) is 4.79 Å². The van der Waals surface area contributed by atoms with Gasteiger partial charge in [-0.3, -0.25) is 4.79 Å². The first-order valence-corrected chi connectivity index (χ1v) is 6.61. The Morgan fingerprint density at radius 1 is 1.29 bits per heavy atom. The maximum atomic E-state index is 11.9. The maximum Gasteiger partial charge on any atom is 0.236 e. The molecule has 2 fully saturated rings. The number of nitrogens with zero attached hydrogens (tertiary/aromatic N) is 2. The number of nitriles is 1. The zero-order chi connectivity index (χ0) is 12.1. The van der Waals surface area contributed by atoms with Crippen molar-refractivity contribution in [2.45, 2.75) is 38.5 Å². The van der Waals surface area contributed by atoms with E-state index in [4.69, 9.17) is 5.26 Å². The first kappa shape index (κ1) is 12.4. The smallest absolute Gasteiger partial charge is 0.236 e. The summed E-state index contributed by atoms with van der Waals surface area (Å²) in [4.78, 5) is 13.8. The Kier molecular flexibility index (Phi) is 4.01. The molecule has 0 aromatic carbocycles. The summed E-state index contributed by atoms with van der Waals surface area (Å²) in [5, 5.41) is 11.9. The van der Waals surface area contributed by atoms with Crippen LogP contribution in [0.5, 0.6) is 0 Å². The summed E-state index contributed by atoms with van der Waals surface area (Å²) < 4.78 is 0. The molecule has 1 aliphatic carbocycles. The molecule has 2 aliphatic rings. The molecule has 4 nitrogen and oxygen atoms in total. The second-order valence-corrected chi connectivity index (χ2v) is 5.38. The lowest BCUT2D eigenvalue weighted by Gasteiger charge is -2.27. The fourth-order valence-electron chi connectivity index (χ4n) is 2.45. The summed E-state index contributed by atoms with van der Waals surface area (Å²) in [5.41, 5.74) is 0.191. The van der Waals surface area contributed by atoms with E-state index in [-0.39, 0.29) is 11.3 Å². The molecule has 1 aliphatic heterocycles. The minimum absolute atomic E-state index is 0.191. The molecule has 0 atom stereocenters. The molecule has 1 heterocycles. The monoisotopic (exact) mass is 235 g/mol. The molecule has 0 radical (unpaired) electrons. The third kappa shape index (κ3) is 3.44. The van der Waals surface area contributed by atoms with Gasteiger partial charge in [-0.15, -0.1) is 0 Å². The lowest BCUT2D eigenvalue weighted by atomic mass is 10.0. The number of nitrogens with one attached hydrogen (secondary N) is 1. The quantitative estimate of drug-likeness (QED) is 0.781. The van der Waals surface area contributed by atoms with E-state index >= 15 is 0 Å². The Labute approximate surface area is 103 Å². The zero-order valence-corrected chi connectivity index (χ0v) is 10.4. The molecule has 94 valence electrons. The van der Waals surface area contributed by atoms with Crippen molar-refractivity contribution in [2.75, 3.05) is 26.2 Å². The number of rotatable bonds is 5. The third-order valence-electron chi connectivity index (χ3n) is 3.90. The highest BCUT2D eigenvalue weighted by Crippen LogP contribution is 2.47. The number of likely N-dealkylation sites (tertiary alicyclic amines) is 1. The van der Waals surface area contributed by atoms with Crippen LogP contribution in [0.25, 0.3) is 0 Å². The van der Waals surface area contributed by atoms with Crippen molar-refractivity contribution in [2.24, 2.45) is 5.41 Å². The van der Waals surface area contributed by atoms with Gasteiger partial charge in [0.05, 0.1) is 12.6 Å². The normalized spacial score (nSPS) is 21.9. The highest BCUT2D eigenvalue weighted by Gasteiger charge is 2.41. The van der Waals surface area contributed by atoms with Crippen LogP contribution in [-0.4, -0.2) is 37.0 Å². The second kappa shape index (κ2) is 5.50. The number of carbonyl (C=O) groups excluding carboxylic acids is 1. The van der Waals surface area contributed by atoms with Crippen molar-refractivity contribution in [3.05, 3.63) is 0 Å². The molecule has 0 aromatic heterocycles. The minimum atomic E-state index is 0.191. The van der Waals surface area contributed by atoms with Gasteiger partial charge in [-0.1, -0.05) is 0 Å². The third-order valence-corrected chi connectivity index (χ3v) is 3.90. The molecule has 0 spiro atoms. The molecule has 4 heteroatoms. The van der Waals surface area contributed by atoms with Gasteiger partial charge in [0.1, 0.15) is 0 Å².